The van der Waals surface area contributed by atoms with Gasteiger partial charge < -0.3 is 10.5 Å². The van der Waals surface area contributed by atoms with Crippen molar-refractivity contribution in [2.45, 2.75) is 68.5 Å². The molecule has 3 nitrogen and oxygen atoms in total. The van der Waals surface area contributed by atoms with Crippen LogP contribution in [0.1, 0.15) is 47.1 Å². The lowest BCUT2D eigenvalue weighted by Gasteiger charge is -2.50. The smallest absolute Gasteiger partial charge is 0.371 e. The van der Waals surface area contributed by atoms with E-state index in [0.717, 1.165) is 23.3 Å². The maximum absolute atomic E-state index is 13.4. The first-order chi connectivity index (χ1) is 18.0. The van der Waals surface area contributed by atoms with Crippen LogP contribution in [0.15, 0.2) is 78.9 Å². The van der Waals surface area contributed by atoms with Gasteiger partial charge in [-0.2, -0.15) is 26.3 Å². The summed E-state index contributed by atoms with van der Waals surface area (Å²) in [6.45, 7) is 0.209. The Labute approximate surface area is 217 Å². The third kappa shape index (κ3) is 5.07. The summed E-state index contributed by atoms with van der Waals surface area (Å²) in [7, 11) is 0. The first-order valence-corrected chi connectivity index (χ1v) is 12.5. The van der Waals surface area contributed by atoms with Gasteiger partial charge in [-0.15, -0.1) is 0 Å². The van der Waals surface area contributed by atoms with E-state index in [1.165, 1.54) is 0 Å². The summed E-state index contributed by atoms with van der Waals surface area (Å²) in [6, 6.07) is 21.1. The minimum atomic E-state index is -4.91. The summed E-state index contributed by atoms with van der Waals surface area (Å²) < 4.78 is 86.7. The van der Waals surface area contributed by atoms with Crippen LogP contribution >= 0.6 is 0 Å². The number of halogens is 6. The monoisotopic (exact) mass is 534 g/mol. The second-order valence-corrected chi connectivity index (χ2v) is 10.1. The molecule has 202 valence electrons. The number of ether oxygens (including phenoxy) is 1. The van der Waals surface area contributed by atoms with Gasteiger partial charge in [0.05, 0.1) is 29.4 Å². The average Bonchev–Trinajstić information content (AvgIpc) is 3.06. The SMILES string of the molecule is N[C@@H]1C[C@@]2(c3ccccc3)[C@H](OCc3cc(C(F)(F)F)cc(C(F)(F)F)c3)CC[C@@H]1N2Cc1ccccc1. The second kappa shape index (κ2) is 10.0. The van der Waals surface area contributed by atoms with E-state index in [4.69, 9.17) is 10.5 Å². The normalized spacial score (nSPS) is 26.0. The van der Waals surface area contributed by atoms with E-state index in [0.29, 0.717) is 25.8 Å². The zero-order valence-corrected chi connectivity index (χ0v) is 20.5. The van der Waals surface area contributed by atoms with Gasteiger partial charge in [-0.1, -0.05) is 60.7 Å². The van der Waals surface area contributed by atoms with E-state index in [9.17, 15) is 26.3 Å². The van der Waals surface area contributed by atoms with Crippen LogP contribution in [-0.2, 0) is 35.8 Å². The zero-order valence-electron chi connectivity index (χ0n) is 20.5. The molecule has 0 unspecified atom stereocenters. The minimum Gasteiger partial charge on any atom is -0.371 e. The van der Waals surface area contributed by atoms with Gasteiger partial charge >= 0.3 is 12.4 Å². The lowest BCUT2D eigenvalue weighted by Crippen LogP contribution is -2.56. The molecule has 0 aliphatic carbocycles. The fourth-order valence-electron chi connectivity index (χ4n) is 6.14. The quantitative estimate of drug-likeness (QED) is 0.350. The molecule has 2 heterocycles. The molecule has 0 amide bonds. The highest BCUT2D eigenvalue weighted by Crippen LogP contribution is 2.52. The lowest BCUT2D eigenvalue weighted by molar-refractivity contribution is -0.143. The number of fused-ring (bicyclic) bond motifs is 2. The Bertz CT molecular complexity index is 1220. The summed E-state index contributed by atoms with van der Waals surface area (Å²) >= 11 is 0. The molecule has 2 saturated heterocycles. The maximum atomic E-state index is 13.4. The molecule has 2 aliphatic rings. The topological polar surface area (TPSA) is 38.5 Å². The molecule has 0 saturated carbocycles. The standard InChI is InChI=1S/C29H28F6N2O/c30-28(31,32)22-13-20(14-23(15-22)29(33,34)35)18-38-26-12-11-25-24(36)16-27(26,21-9-5-2-6-10-21)37(25)17-19-7-3-1-4-8-19/h1-10,13-15,24-26H,11-12,16-18,36H2/t24-,25+,26-,27-/m1/s1. The highest BCUT2D eigenvalue weighted by molar-refractivity contribution is 5.35. The van der Waals surface area contributed by atoms with Crippen molar-refractivity contribution in [3.8, 4) is 0 Å². The Hall–Kier alpha value is -2.88. The van der Waals surface area contributed by atoms with Gasteiger partial charge in [-0.05, 0) is 54.2 Å². The average molecular weight is 535 g/mol. The van der Waals surface area contributed by atoms with E-state index in [1.54, 1.807) is 0 Å². The fourth-order valence-corrected chi connectivity index (χ4v) is 6.14. The van der Waals surface area contributed by atoms with Crippen molar-refractivity contribution < 1.29 is 31.1 Å². The van der Waals surface area contributed by atoms with Gasteiger partial charge in [-0.3, -0.25) is 4.90 Å². The Morgan fingerprint density at radius 3 is 1.95 bits per heavy atom. The summed E-state index contributed by atoms with van der Waals surface area (Å²) in [4.78, 5) is 2.32. The highest BCUT2D eigenvalue weighted by Gasteiger charge is 2.58. The first-order valence-electron chi connectivity index (χ1n) is 12.5. The molecule has 4 atom stereocenters. The molecule has 38 heavy (non-hydrogen) atoms. The molecular formula is C29H28F6N2O. The largest absolute Gasteiger partial charge is 0.416 e. The van der Waals surface area contributed by atoms with Crippen LogP contribution in [0.3, 0.4) is 0 Å². The van der Waals surface area contributed by atoms with Gasteiger partial charge in [-0.25, -0.2) is 0 Å². The number of benzene rings is 3. The number of nitrogens with two attached hydrogens (primary N) is 1. The van der Waals surface area contributed by atoms with E-state index in [2.05, 4.69) is 4.90 Å². The fraction of sp³-hybridized carbons (Fsp3) is 0.379. The van der Waals surface area contributed by atoms with Crippen LogP contribution in [0, 0.1) is 0 Å². The van der Waals surface area contributed by atoms with E-state index in [-0.39, 0.29) is 30.3 Å². The Morgan fingerprint density at radius 2 is 1.37 bits per heavy atom. The summed E-state index contributed by atoms with van der Waals surface area (Å²) in [5, 5.41) is 0. The van der Waals surface area contributed by atoms with E-state index >= 15 is 0 Å². The lowest BCUT2D eigenvalue weighted by atomic mass is 9.78. The Balaban J connectivity index is 1.51. The molecule has 2 fully saturated rings. The molecule has 0 aromatic heterocycles. The van der Waals surface area contributed by atoms with Gasteiger partial charge in [0, 0.05) is 18.6 Å². The van der Waals surface area contributed by atoms with Crippen molar-refractivity contribution in [1.82, 2.24) is 4.90 Å². The zero-order chi connectivity index (χ0) is 27.1. The highest BCUT2D eigenvalue weighted by atomic mass is 19.4. The number of hydrogen-bond donors (Lipinski definition) is 1. The van der Waals surface area contributed by atoms with Crippen molar-refractivity contribution in [2.24, 2.45) is 5.73 Å². The minimum absolute atomic E-state index is 0.0700. The van der Waals surface area contributed by atoms with Gasteiger partial charge in [0.15, 0.2) is 0 Å². The Morgan fingerprint density at radius 1 is 0.789 bits per heavy atom. The third-order valence-corrected chi connectivity index (χ3v) is 7.78. The number of piperidine rings is 1. The van der Waals surface area contributed by atoms with Crippen molar-refractivity contribution in [2.75, 3.05) is 0 Å². The summed E-state index contributed by atoms with van der Waals surface area (Å²) in [6.07, 6.45) is -8.45. The van der Waals surface area contributed by atoms with Crippen molar-refractivity contribution in [3.05, 3.63) is 107 Å². The number of nitrogens with zero attached hydrogens (tertiary/aromatic N) is 1. The van der Waals surface area contributed by atoms with Gasteiger partial charge in [0.2, 0.25) is 0 Å². The van der Waals surface area contributed by atoms with E-state index in [1.807, 2.05) is 60.7 Å². The molecule has 3 aromatic carbocycles. The van der Waals surface area contributed by atoms with Crippen molar-refractivity contribution >= 4 is 0 Å². The number of alkyl halides is 6. The molecule has 2 aliphatic heterocycles. The second-order valence-electron chi connectivity index (χ2n) is 10.1. The molecule has 0 radical (unpaired) electrons. The predicted octanol–water partition coefficient (Wildman–Crippen LogP) is 6.90. The van der Waals surface area contributed by atoms with Crippen molar-refractivity contribution in [1.29, 1.82) is 0 Å². The van der Waals surface area contributed by atoms with Crippen LogP contribution in [0.5, 0.6) is 0 Å². The van der Waals surface area contributed by atoms with Gasteiger partial charge in [0.25, 0.3) is 0 Å². The molecular weight excluding hydrogens is 506 g/mol. The molecule has 3 aromatic rings. The molecule has 9 heteroatoms. The first kappa shape index (κ1) is 26.7. The number of rotatable bonds is 6. The van der Waals surface area contributed by atoms with Crippen LogP contribution in [0.25, 0.3) is 0 Å². The predicted molar refractivity (Wildman–Crippen MR) is 131 cm³/mol. The molecule has 5 rings (SSSR count). The molecule has 2 N–H and O–H groups in total. The molecule has 0 spiro atoms. The van der Waals surface area contributed by atoms with Crippen LogP contribution in [0.4, 0.5) is 26.3 Å². The van der Waals surface area contributed by atoms with Gasteiger partial charge in [0.1, 0.15) is 0 Å². The van der Waals surface area contributed by atoms with Crippen LogP contribution in [-0.4, -0.2) is 23.1 Å². The number of hydrogen-bond acceptors (Lipinski definition) is 3. The third-order valence-electron chi connectivity index (χ3n) is 7.78. The van der Waals surface area contributed by atoms with Crippen LogP contribution in [0.2, 0.25) is 0 Å². The maximum Gasteiger partial charge on any atom is 0.416 e. The Kier molecular flexibility index (Phi) is 7.04. The summed E-state index contributed by atoms with van der Waals surface area (Å²) in [5.41, 5.74) is 5.16. The molecule has 2 bridgehead atoms. The summed E-state index contributed by atoms with van der Waals surface area (Å²) in [5.74, 6) is 0. The van der Waals surface area contributed by atoms with Crippen molar-refractivity contribution in [3.63, 3.8) is 0 Å². The van der Waals surface area contributed by atoms with E-state index < -0.39 is 35.1 Å². The van der Waals surface area contributed by atoms with Crippen LogP contribution < -0.4 is 5.73 Å².